The maximum absolute atomic E-state index is 2.70. The monoisotopic (exact) mass is 354 g/mol. The van der Waals surface area contributed by atoms with Gasteiger partial charge in [0.05, 0.1) is 0 Å². The Morgan fingerprint density at radius 3 is 2.48 bits per heavy atom. The summed E-state index contributed by atoms with van der Waals surface area (Å²) in [5, 5.41) is 1.36. The first-order chi connectivity index (χ1) is 11.7. The van der Waals surface area contributed by atoms with E-state index < -0.39 is 0 Å². The summed E-state index contributed by atoms with van der Waals surface area (Å²) in [4.78, 5) is 2.70. The number of halogens is 1. The van der Waals surface area contributed by atoms with Gasteiger partial charge in [0.1, 0.15) is 0 Å². The maximum Gasteiger partial charge on any atom is 0.0482 e. The second-order valence-electron chi connectivity index (χ2n) is 7.19. The van der Waals surface area contributed by atoms with Crippen LogP contribution in [0.4, 0.5) is 0 Å². The first-order valence-corrected chi connectivity index (χ1v) is 9.07. The molecule has 2 heterocycles. The molecule has 2 aromatic carbocycles. The smallest absolute Gasteiger partial charge is 0.0482 e. The van der Waals surface area contributed by atoms with Crippen molar-refractivity contribution in [2.24, 2.45) is 0 Å². The molecule has 132 valence electrons. The van der Waals surface area contributed by atoms with Gasteiger partial charge in [-0.25, -0.2) is 0 Å². The second kappa shape index (κ2) is 7.63. The Morgan fingerprint density at radius 1 is 0.960 bits per heavy atom. The Kier molecular flexibility index (Phi) is 5.51. The molecule has 1 fully saturated rings. The summed E-state index contributed by atoms with van der Waals surface area (Å²) in [6.07, 6.45) is 2.59. The molecule has 4 rings (SSSR count). The quantitative estimate of drug-likeness (QED) is 0.607. The molecule has 0 radical (unpaired) electrons. The van der Waals surface area contributed by atoms with E-state index in [0.717, 1.165) is 13.1 Å². The molecule has 1 aliphatic rings. The molecule has 25 heavy (non-hydrogen) atoms. The van der Waals surface area contributed by atoms with Crippen molar-refractivity contribution in [1.82, 2.24) is 9.47 Å². The molecule has 3 aromatic rings. The van der Waals surface area contributed by atoms with Gasteiger partial charge in [0, 0.05) is 36.4 Å². The van der Waals surface area contributed by atoms with E-state index in [4.69, 9.17) is 0 Å². The molecular formula is C22H27ClN2. The van der Waals surface area contributed by atoms with E-state index in [9.17, 15) is 0 Å². The van der Waals surface area contributed by atoms with Crippen LogP contribution < -0.4 is 0 Å². The first kappa shape index (κ1) is 18.0. The van der Waals surface area contributed by atoms with E-state index in [1.807, 2.05) is 0 Å². The van der Waals surface area contributed by atoms with Crippen LogP contribution in [0.25, 0.3) is 10.9 Å². The number of hydrogen-bond donors (Lipinski definition) is 0. The van der Waals surface area contributed by atoms with Crippen LogP contribution in [0.1, 0.15) is 31.0 Å². The van der Waals surface area contributed by atoms with Crippen molar-refractivity contribution in [1.29, 1.82) is 0 Å². The number of fused-ring (bicyclic) bond motifs is 1. The molecule has 0 unspecified atom stereocenters. The number of para-hydroxylation sites is 1. The van der Waals surface area contributed by atoms with E-state index in [1.165, 1.54) is 35.0 Å². The van der Waals surface area contributed by atoms with Crippen molar-refractivity contribution < 1.29 is 0 Å². The molecule has 3 heteroatoms. The van der Waals surface area contributed by atoms with Gasteiger partial charge in [-0.15, -0.1) is 12.4 Å². The summed E-state index contributed by atoms with van der Waals surface area (Å²) >= 11 is 0. The van der Waals surface area contributed by atoms with Gasteiger partial charge in [0.2, 0.25) is 0 Å². The molecule has 1 aliphatic heterocycles. The number of rotatable bonds is 4. The van der Waals surface area contributed by atoms with E-state index in [-0.39, 0.29) is 12.4 Å². The van der Waals surface area contributed by atoms with Crippen LogP contribution in [-0.4, -0.2) is 21.6 Å². The summed E-state index contributed by atoms with van der Waals surface area (Å²) < 4.78 is 2.51. The molecule has 0 N–H and O–H groups in total. The van der Waals surface area contributed by atoms with Crippen LogP contribution in [-0.2, 0) is 13.1 Å². The number of benzene rings is 2. The minimum absolute atomic E-state index is 0. The van der Waals surface area contributed by atoms with Crippen LogP contribution in [0.5, 0.6) is 0 Å². The normalized spacial score (nSPS) is 20.7. The topological polar surface area (TPSA) is 8.17 Å². The summed E-state index contributed by atoms with van der Waals surface area (Å²) in [6, 6.07) is 23.2. The Labute approximate surface area is 156 Å². The van der Waals surface area contributed by atoms with Gasteiger partial charge in [0.15, 0.2) is 0 Å². The fourth-order valence-corrected chi connectivity index (χ4v) is 4.20. The number of hydrogen-bond acceptors (Lipinski definition) is 1. The second-order valence-corrected chi connectivity index (χ2v) is 7.19. The molecular weight excluding hydrogens is 328 g/mol. The Balaban J connectivity index is 0.00000182. The largest absolute Gasteiger partial charge is 0.343 e. The molecule has 1 aromatic heterocycles. The highest BCUT2D eigenvalue weighted by molar-refractivity contribution is 5.85. The van der Waals surface area contributed by atoms with Gasteiger partial charge in [-0.1, -0.05) is 48.5 Å². The Morgan fingerprint density at radius 2 is 1.68 bits per heavy atom. The molecule has 0 saturated carbocycles. The highest BCUT2D eigenvalue weighted by Crippen LogP contribution is 2.29. The molecule has 0 aliphatic carbocycles. The molecule has 0 bridgehead atoms. The van der Waals surface area contributed by atoms with Crippen molar-refractivity contribution >= 4 is 23.3 Å². The maximum atomic E-state index is 2.70. The number of aromatic nitrogens is 1. The van der Waals surface area contributed by atoms with Crippen LogP contribution in [0.3, 0.4) is 0 Å². The van der Waals surface area contributed by atoms with Gasteiger partial charge >= 0.3 is 0 Å². The lowest BCUT2D eigenvalue weighted by Gasteiger charge is -2.29. The lowest BCUT2D eigenvalue weighted by Crippen LogP contribution is -2.36. The van der Waals surface area contributed by atoms with E-state index in [0.29, 0.717) is 12.1 Å². The van der Waals surface area contributed by atoms with Gasteiger partial charge in [-0.3, -0.25) is 4.90 Å². The summed E-state index contributed by atoms with van der Waals surface area (Å²) in [6.45, 7) is 6.77. The SMILES string of the molecule is Cc1cc2ccccc2n1C[C@H]1CC[C@H](C)N1Cc1ccccc1.Cl. The van der Waals surface area contributed by atoms with E-state index in [1.54, 1.807) is 0 Å². The van der Waals surface area contributed by atoms with Gasteiger partial charge in [-0.05, 0) is 49.8 Å². The van der Waals surface area contributed by atoms with Crippen molar-refractivity contribution in [2.75, 3.05) is 0 Å². The molecule has 2 nitrogen and oxygen atoms in total. The zero-order chi connectivity index (χ0) is 16.5. The third-order valence-corrected chi connectivity index (χ3v) is 5.57. The lowest BCUT2D eigenvalue weighted by atomic mass is 10.1. The minimum atomic E-state index is 0. The van der Waals surface area contributed by atoms with Crippen LogP contribution >= 0.6 is 12.4 Å². The van der Waals surface area contributed by atoms with Crippen LogP contribution in [0, 0.1) is 6.92 Å². The fourth-order valence-electron chi connectivity index (χ4n) is 4.20. The van der Waals surface area contributed by atoms with Gasteiger partial charge in [-0.2, -0.15) is 0 Å². The summed E-state index contributed by atoms with van der Waals surface area (Å²) in [5.41, 5.74) is 4.16. The summed E-state index contributed by atoms with van der Waals surface area (Å²) in [7, 11) is 0. The Hall–Kier alpha value is -1.77. The van der Waals surface area contributed by atoms with Crippen molar-refractivity contribution in [3.8, 4) is 0 Å². The third-order valence-electron chi connectivity index (χ3n) is 5.57. The number of likely N-dealkylation sites (tertiary alicyclic amines) is 1. The standard InChI is InChI=1S/C22H26N2.ClH/c1-17-12-13-21(23(17)15-19-8-4-3-5-9-19)16-24-18(2)14-20-10-6-7-11-22(20)24;/h3-11,14,17,21H,12-13,15-16H2,1-2H3;1H/t17-,21+;/m0./s1. The molecule has 2 atom stereocenters. The van der Waals surface area contributed by atoms with Crippen molar-refractivity contribution in [3.63, 3.8) is 0 Å². The van der Waals surface area contributed by atoms with E-state index in [2.05, 4.69) is 84.0 Å². The van der Waals surface area contributed by atoms with E-state index >= 15 is 0 Å². The van der Waals surface area contributed by atoms with Gasteiger partial charge < -0.3 is 4.57 Å². The first-order valence-electron chi connectivity index (χ1n) is 9.07. The predicted octanol–water partition coefficient (Wildman–Crippen LogP) is 5.42. The minimum Gasteiger partial charge on any atom is -0.343 e. The van der Waals surface area contributed by atoms with Crippen molar-refractivity contribution in [3.05, 3.63) is 71.9 Å². The van der Waals surface area contributed by atoms with Crippen molar-refractivity contribution in [2.45, 2.75) is 51.9 Å². The van der Waals surface area contributed by atoms with Crippen LogP contribution in [0.2, 0.25) is 0 Å². The average molecular weight is 355 g/mol. The number of nitrogens with zero attached hydrogens (tertiary/aromatic N) is 2. The summed E-state index contributed by atoms with van der Waals surface area (Å²) in [5.74, 6) is 0. The zero-order valence-corrected chi connectivity index (χ0v) is 15.9. The van der Waals surface area contributed by atoms with Gasteiger partial charge in [0.25, 0.3) is 0 Å². The highest BCUT2D eigenvalue weighted by atomic mass is 35.5. The predicted molar refractivity (Wildman–Crippen MR) is 108 cm³/mol. The Bertz CT molecular complexity index is 824. The molecule has 0 spiro atoms. The third kappa shape index (κ3) is 3.61. The average Bonchev–Trinajstić information content (AvgIpc) is 3.10. The zero-order valence-electron chi connectivity index (χ0n) is 15.1. The fraction of sp³-hybridized carbons (Fsp3) is 0.364. The molecule has 0 amide bonds. The van der Waals surface area contributed by atoms with Crippen LogP contribution in [0.15, 0.2) is 60.7 Å². The number of aryl methyl sites for hydroxylation is 1. The molecule has 1 saturated heterocycles. The lowest BCUT2D eigenvalue weighted by molar-refractivity contribution is 0.179. The highest BCUT2D eigenvalue weighted by Gasteiger charge is 2.31.